The van der Waals surface area contributed by atoms with Gasteiger partial charge in [-0.2, -0.15) is 5.26 Å². The van der Waals surface area contributed by atoms with Gasteiger partial charge in [0.1, 0.15) is 10.4 Å². The predicted molar refractivity (Wildman–Crippen MR) is 62.8 cm³/mol. The molecule has 0 amide bonds. The minimum absolute atomic E-state index is 0.465. The molecule has 0 aliphatic rings. The fraction of sp³-hybridized carbons (Fsp3) is 0.636. The first-order chi connectivity index (χ1) is 7.10. The Bertz CT molecular complexity index is 349. The summed E-state index contributed by atoms with van der Waals surface area (Å²) in [6.45, 7) is 7.82. The number of nitrogens with zero attached hydrogens (tertiary/aromatic N) is 2. The first kappa shape index (κ1) is 12.2. The maximum Gasteiger partial charge on any atom is 0.113 e. The highest BCUT2D eigenvalue weighted by Gasteiger charge is 2.23. The van der Waals surface area contributed by atoms with Crippen LogP contribution in [0.15, 0.2) is 6.20 Å². The van der Waals surface area contributed by atoms with E-state index in [1.54, 1.807) is 11.3 Å². The second-order valence-electron chi connectivity index (χ2n) is 4.05. The smallest absolute Gasteiger partial charge is 0.113 e. The summed E-state index contributed by atoms with van der Waals surface area (Å²) in [6, 6.07) is 2.27. The molecule has 15 heavy (non-hydrogen) atoms. The van der Waals surface area contributed by atoms with Gasteiger partial charge in [-0.1, -0.05) is 6.92 Å². The van der Waals surface area contributed by atoms with E-state index in [2.05, 4.69) is 23.3 Å². The van der Waals surface area contributed by atoms with Gasteiger partial charge in [-0.3, -0.25) is 0 Å². The third-order valence-electron chi connectivity index (χ3n) is 2.09. The van der Waals surface area contributed by atoms with Crippen LogP contribution in [0.3, 0.4) is 0 Å². The Labute approximate surface area is 95.2 Å². The van der Waals surface area contributed by atoms with Crippen molar-refractivity contribution in [3.8, 4) is 6.07 Å². The highest BCUT2D eigenvalue weighted by molar-refractivity contribution is 7.11. The molecule has 1 aromatic rings. The Kier molecular flexibility index (Phi) is 4.25. The van der Waals surface area contributed by atoms with Gasteiger partial charge in [-0.05, 0) is 26.8 Å². The van der Waals surface area contributed by atoms with Crippen molar-refractivity contribution in [1.29, 1.82) is 5.26 Å². The Morgan fingerprint density at radius 2 is 2.33 bits per heavy atom. The van der Waals surface area contributed by atoms with Gasteiger partial charge in [0.05, 0.1) is 6.07 Å². The predicted octanol–water partition coefficient (Wildman–Crippen LogP) is 2.44. The number of hydrogen-bond acceptors (Lipinski definition) is 4. The van der Waals surface area contributed by atoms with Crippen molar-refractivity contribution >= 4 is 11.3 Å². The number of rotatable bonds is 5. The normalized spacial score (nSPS) is 11.3. The average Bonchev–Trinajstić information content (AvgIpc) is 2.68. The lowest BCUT2D eigenvalue weighted by Crippen LogP contribution is -2.13. The van der Waals surface area contributed by atoms with Crippen LogP contribution in [0.25, 0.3) is 0 Å². The van der Waals surface area contributed by atoms with Gasteiger partial charge in [-0.15, -0.1) is 11.3 Å². The zero-order valence-electron chi connectivity index (χ0n) is 9.50. The number of thiazole rings is 1. The van der Waals surface area contributed by atoms with E-state index >= 15 is 0 Å². The molecule has 0 aromatic carbocycles. The van der Waals surface area contributed by atoms with Crippen LogP contribution in [0.2, 0.25) is 0 Å². The van der Waals surface area contributed by atoms with Crippen molar-refractivity contribution in [3.05, 3.63) is 16.1 Å². The molecule has 3 nitrogen and oxygen atoms in total. The van der Waals surface area contributed by atoms with Crippen LogP contribution in [0.5, 0.6) is 0 Å². The van der Waals surface area contributed by atoms with Gasteiger partial charge in [0.15, 0.2) is 0 Å². The maximum absolute atomic E-state index is 8.97. The molecule has 0 aliphatic heterocycles. The molecule has 0 aliphatic carbocycles. The topological polar surface area (TPSA) is 48.7 Å². The van der Waals surface area contributed by atoms with E-state index in [-0.39, 0.29) is 0 Å². The van der Waals surface area contributed by atoms with E-state index in [1.165, 1.54) is 4.88 Å². The molecule has 1 aromatic heterocycles. The molecular weight excluding hydrogens is 206 g/mol. The molecule has 0 spiro atoms. The number of aromatic nitrogens is 1. The van der Waals surface area contributed by atoms with Crippen LogP contribution in [-0.4, -0.2) is 11.5 Å². The molecule has 0 saturated carbocycles. The fourth-order valence-corrected chi connectivity index (χ4v) is 2.05. The van der Waals surface area contributed by atoms with E-state index in [0.717, 1.165) is 24.5 Å². The van der Waals surface area contributed by atoms with Gasteiger partial charge in [0.2, 0.25) is 0 Å². The molecule has 1 rings (SSSR count). The first-order valence-corrected chi connectivity index (χ1v) is 5.99. The molecule has 4 heteroatoms. The van der Waals surface area contributed by atoms with E-state index in [1.807, 2.05) is 20.0 Å². The number of hydrogen-bond donors (Lipinski definition) is 1. The zero-order valence-corrected chi connectivity index (χ0v) is 10.3. The van der Waals surface area contributed by atoms with Gasteiger partial charge in [0.25, 0.3) is 0 Å². The molecule has 0 radical (unpaired) electrons. The zero-order chi connectivity index (χ0) is 11.3. The molecule has 82 valence electrons. The standard InChI is InChI=1S/C11H17N3S/c1-4-5-13-6-9-7-14-10(15-9)11(2,3)8-12/h7,13H,4-6H2,1-3H3. The molecule has 0 unspecified atom stereocenters. The largest absolute Gasteiger partial charge is 0.312 e. The highest BCUT2D eigenvalue weighted by Crippen LogP contribution is 2.26. The van der Waals surface area contributed by atoms with Crippen molar-refractivity contribution in [2.75, 3.05) is 6.54 Å². The van der Waals surface area contributed by atoms with Crippen LogP contribution < -0.4 is 5.32 Å². The second kappa shape index (κ2) is 5.24. The van der Waals surface area contributed by atoms with Gasteiger partial charge in [0, 0.05) is 17.6 Å². The third kappa shape index (κ3) is 3.29. The summed E-state index contributed by atoms with van der Waals surface area (Å²) in [4.78, 5) is 5.49. The number of nitrogens with one attached hydrogen (secondary N) is 1. The van der Waals surface area contributed by atoms with E-state index in [4.69, 9.17) is 5.26 Å². The van der Waals surface area contributed by atoms with Gasteiger partial charge < -0.3 is 5.32 Å². The Balaban J connectivity index is 2.61. The fourth-order valence-electron chi connectivity index (χ4n) is 1.11. The summed E-state index contributed by atoms with van der Waals surface area (Å²) < 4.78 is 0. The van der Waals surface area contributed by atoms with Crippen molar-refractivity contribution in [1.82, 2.24) is 10.3 Å². The second-order valence-corrected chi connectivity index (χ2v) is 5.16. The van der Waals surface area contributed by atoms with Gasteiger partial charge in [-0.25, -0.2) is 4.98 Å². The molecule has 0 bridgehead atoms. The lowest BCUT2D eigenvalue weighted by Gasteiger charge is -2.09. The maximum atomic E-state index is 8.97. The Morgan fingerprint density at radius 3 is 2.93 bits per heavy atom. The van der Waals surface area contributed by atoms with Crippen LogP contribution in [0, 0.1) is 11.3 Å². The average molecular weight is 223 g/mol. The highest BCUT2D eigenvalue weighted by atomic mass is 32.1. The molecule has 0 fully saturated rings. The Morgan fingerprint density at radius 1 is 1.60 bits per heavy atom. The van der Waals surface area contributed by atoms with E-state index in [9.17, 15) is 0 Å². The minimum atomic E-state index is -0.465. The number of nitriles is 1. The molecular formula is C11H17N3S. The van der Waals surface area contributed by atoms with E-state index in [0.29, 0.717) is 0 Å². The van der Waals surface area contributed by atoms with Crippen LogP contribution >= 0.6 is 11.3 Å². The van der Waals surface area contributed by atoms with Gasteiger partial charge >= 0.3 is 0 Å². The van der Waals surface area contributed by atoms with Crippen LogP contribution in [0.4, 0.5) is 0 Å². The molecule has 1 N–H and O–H groups in total. The lowest BCUT2D eigenvalue weighted by molar-refractivity contribution is 0.677. The third-order valence-corrected chi connectivity index (χ3v) is 3.41. The van der Waals surface area contributed by atoms with Crippen molar-refractivity contribution in [2.45, 2.75) is 39.2 Å². The first-order valence-electron chi connectivity index (χ1n) is 5.17. The summed E-state index contributed by atoms with van der Waals surface area (Å²) >= 11 is 1.62. The minimum Gasteiger partial charge on any atom is -0.312 e. The summed E-state index contributed by atoms with van der Waals surface area (Å²) in [5, 5.41) is 13.2. The van der Waals surface area contributed by atoms with Crippen LogP contribution in [0.1, 0.15) is 37.1 Å². The summed E-state index contributed by atoms with van der Waals surface area (Å²) in [5.74, 6) is 0. The molecule has 1 heterocycles. The van der Waals surface area contributed by atoms with Crippen molar-refractivity contribution in [3.63, 3.8) is 0 Å². The monoisotopic (exact) mass is 223 g/mol. The quantitative estimate of drug-likeness (QED) is 0.780. The SMILES string of the molecule is CCCNCc1cnc(C(C)(C)C#N)s1. The van der Waals surface area contributed by atoms with Crippen LogP contribution in [-0.2, 0) is 12.0 Å². The molecule has 0 saturated heterocycles. The summed E-state index contributed by atoms with van der Waals surface area (Å²) in [6.07, 6.45) is 3.00. The summed E-state index contributed by atoms with van der Waals surface area (Å²) in [7, 11) is 0. The Hall–Kier alpha value is -0.920. The lowest BCUT2D eigenvalue weighted by atomic mass is 9.97. The van der Waals surface area contributed by atoms with Crippen molar-refractivity contribution in [2.24, 2.45) is 0 Å². The summed E-state index contributed by atoms with van der Waals surface area (Å²) in [5.41, 5.74) is -0.465. The van der Waals surface area contributed by atoms with E-state index < -0.39 is 5.41 Å². The molecule has 0 atom stereocenters. The van der Waals surface area contributed by atoms with Crippen molar-refractivity contribution < 1.29 is 0 Å².